The number of carboxylic acids is 1. The van der Waals surface area contributed by atoms with Crippen molar-refractivity contribution in [2.45, 2.75) is 6.42 Å². The maximum atomic E-state index is 12.8. The number of carbonyl (C=O) groups is 1. The number of hydrogen-bond acceptors (Lipinski definition) is 8. The van der Waals surface area contributed by atoms with Crippen molar-refractivity contribution in [3.8, 4) is 0 Å². The highest BCUT2D eigenvalue weighted by molar-refractivity contribution is 5.98. The zero-order valence-electron chi connectivity index (χ0n) is 14.5. The Morgan fingerprint density at radius 1 is 1.26 bits per heavy atom. The maximum absolute atomic E-state index is 12.8. The SMILES string of the molecule is Nc1nc2oc3ccc(CCN4CCOCC4)nc3c(=O)c2cc1C(=O)O. The van der Waals surface area contributed by atoms with Crippen LogP contribution < -0.4 is 11.2 Å². The first kappa shape index (κ1) is 17.4. The third-order valence-electron chi connectivity index (χ3n) is 4.62. The van der Waals surface area contributed by atoms with Crippen LogP contribution in [0.15, 0.2) is 27.4 Å². The van der Waals surface area contributed by atoms with E-state index in [0.717, 1.165) is 38.5 Å². The van der Waals surface area contributed by atoms with Crippen LogP contribution >= 0.6 is 0 Å². The molecule has 140 valence electrons. The molecular formula is C18H18N4O5. The molecule has 4 heterocycles. The quantitative estimate of drug-likeness (QED) is 0.643. The molecule has 0 amide bonds. The van der Waals surface area contributed by atoms with Gasteiger partial charge in [-0.25, -0.2) is 9.78 Å². The van der Waals surface area contributed by atoms with Crippen LogP contribution in [0.5, 0.6) is 0 Å². The van der Waals surface area contributed by atoms with Gasteiger partial charge in [0, 0.05) is 31.7 Å². The lowest BCUT2D eigenvalue weighted by Gasteiger charge is -2.26. The molecule has 3 aromatic heterocycles. The Labute approximate surface area is 153 Å². The fourth-order valence-electron chi connectivity index (χ4n) is 3.12. The molecule has 0 saturated carbocycles. The number of carboxylic acid groups (broad SMARTS) is 1. The molecule has 1 aliphatic rings. The van der Waals surface area contributed by atoms with Gasteiger partial charge in [-0.15, -0.1) is 0 Å². The van der Waals surface area contributed by atoms with E-state index in [0.29, 0.717) is 6.42 Å². The van der Waals surface area contributed by atoms with Crippen LogP contribution in [0.4, 0.5) is 5.82 Å². The van der Waals surface area contributed by atoms with Crippen LogP contribution in [0.25, 0.3) is 22.2 Å². The number of nitrogens with zero attached hydrogens (tertiary/aromatic N) is 3. The van der Waals surface area contributed by atoms with Crippen LogP contribution in [-0.4, -0.2) is 58.8 Å². The molecule has 9 heteroatoms. The number of anilines is 1. The minimum Gasteiger partial charge on any atom is -0.478 e. The van der Waals surface area contributed by atoms with Gasteiger partial charge in [0.2, 0.25) is 11.1 Å². The smallest absolute Gasteiger partial charge is 0.339 e. The fourth-order valence-corrected chi connectivity index (χ4v) is 3.12. The van der Waals surface area contributed by atoms with Crippen molar-refractivity contribution in [2.24, 2.45) is 0 Å². The van der Waals surface area contributed by atoms with E-state index in [1.165, 1.54) is 6.07 Å². The number of aromatic carboxylic acids is 1. The summed E-state index contributed by atoms with van der Waals surface area (Å²) in [6, 6.07) is 4.68. The van der Waals surface area contributed by atoms with Crippen LogP contribution in [0.3, 0.4) is 0 Å². The molecule has 0 radical (unpaired) electrons. The van der Waals surface area contributed by atoms with Gasteiger partial charge < -0.3 is 20.0 Å². The standard InChI is InChI=1S/C18H18N4O5/c19-16-12(18(24)25)9-11-15(23)14-13(27-17(11)21-16)2-1-10(20-14)3-4-22-5-7-26-8-6-22/h1-2,9H,3-8H2,(H2,19,21)(H,24,25). The lowest BCUT2D eigenvalue weighted by molar-refractivity contribution is 0.0383. The topological polar surface area (TPSA) is 132 Å². The monoisotopic (exact) mass is 370 g/mol. The number of fused-ring (bicyclic) bond motifs is 2. The summed E-state index contributed by atoms with van der Waals surface area (Å²) in [6.07, 6.45) is 0.688. The second-order valence-electron chi connectivity index (χ2n) is 6.36. The lowest BCUT2D eigenvalue weighted by atomic mass is 10.1. The molecule has 1 fully saturated rings. The molecule has 27 heavy (non-hydrogen) atoms. The van der Waals surface area contributed by atoms with Crippen molar-refractivity contribution in [3.05, 3.63) is 39.7 Å². The number of nitrogens with two attached hydrogens (primary N) is 1. The Balaban J connectivity index is 1.72. The second kappa shape index (κ2) is 6.93. The Kier molecular flexibility index (Phi) is 4.46. The summed E-state index contributed by atoms with van der Waals surface area (Å²) in [5, 5.41) is 9.23. The molecule has 0 unspecified atom stereocenters. The van der Waals surface area contributed by atoms with Gasteiger partial charge >= 0.3 is 5.97 Å². The van der Waals surface area contributed by atoms with Crippen molar-refractivity contribution in [1.29, 1.82) is 0 Å². The molecule has 0 aromatic carbocycles. The van der Waals surface area contributed by atoms with E-state index in [-0.39, 0.29) is 33.6 Å². The van der Waals surface area contributed by atoms with Crippen LogP contribution in [0, 0.1) is 0 Å². The average molecular weight is 370 g/mol. The number of hydrogen-bond donors (Lipinski definition) is 2. The normalized spacial score (nSPS) is 15.4. The third-order valence-corrected chi connectivity index (χ3v) is 4.62. The summed E-state index contributed by atoms with van der Waals surface area (Å²) >= 11 is 0. The molecule has 0 spiro atoms. The molecule has 9 nitrogen and oxygen atoms in total. The maximum Gasteiger partial charge on any atom is 0.339 e. The molecule has 0 aliphatic carbocycles. The first-order chi connectivity index (χ1) is 13.0. The van der Waals surface area contributed by atoms with Crippen molar-refractivity contribution in [2.75, 3.05) is 38.6 Å². The average Bonchev–Trinajstić information content (AvgIpc) is 2.67. The van der Waals surface area contributed by atoms with Gasteiger partial charge in [-0.3, -0.25) is 9.69 Å². The van der Waals surface area contributed by atoms with Gasteiger partial charge in [0.25, 0.3) is 0 Å². The van der Waals surface area contributed by atoms with E-state index in [4.69, 9.17) is 14.9 Å². The minimum atomic E-state index is -1.26. The molecule has 4 rings (SSSR count). The predicted octanol–water partition coefficient (Wildman–Crippen LogP) is 0.891. The number of ether oxygens (including phenoxy) is 1. The van der Waals surface area contributed by atoms with Crippen molar-refractivity contribution in [3.63, 3.8) is 0 Å². The van der Waals surface area contributed by atoms with E-state index >= 15 is 0 Å². The van der Waals surface area contributed by atoms with Gasteiger partial charge in [0.15, 0.2) is 11.1 Å². The number of morpholine rings is 1. The summed E-state index contributed by atoms with van der Waals surface area (Å²) in [7, 11) is 0. The van der Waals surface area contributed by atoms with Gasteiger partial charge in [-0.05, 0) is 18.2 Å². The van der Waals surface area contributed by atoms with E-state index in [2.05, 4.69) is 14.9 Å². The summed E-state index contributed by atoms with van der Waals surface area (Å²) in [5.74, 6) is -1.46. The highest BCUT2D eigenvalue weighted by Gasteiger charge is 2.17. The van der Waals surface area contributed by atoms with Crippen LogP contribution in [0.2, 0.25) is 0 Å². The summed E-state index contributed by atoms with van der Waals surface area (Å²) in [4.78, 5) is 34.7. The van der Waals surface area contributed by atoms with Crippen LogP contribution in [-0.2, 0) is 11.2 Å². The van der Waals surface area contributed by atoms with Gasteiger partial charge in [0.1, 0.15) is 11.4 Å². The molecule has 1 aliphatic heterocycles. The Morgan fingerprint density at radius 2 is 2.04 bits per heavy atom. The van der Waals surface area contributed by atoms with Gasteiger partial charge in [-0.1, -0.05) is 0 Å². The number of pyridine rings is 2. The first-order valence-corrected chi connectivity index (χ1v) is 8.59. The van der Waals surface area contributed by atoms with E-state index in [9.17, 15) is 14.7 Å². The second-order valence-corrected chi connectivity index (χ2v) is 6.36. The molecule has 0 atom stereocenters. The van der Waals surface area contributed by atoms with Crippen molar-refractivity contribution >= 4 is 34.0 Å². The largest absolute Gasteiger partial charge is 0.478 e. The molecule has 1 saturated heterocycles. The zero-order valence-corrected chi connectivity index (χ0v) is 14.5. The summed E-state index contributed by atoms with van der Waals surface area (Å²) in [6.45, 7) is 4.03. The van der Waals surface area contributed by atoms with Crippen LogP contribution in [0.1, 0.15) is 16.1 Å². The van der Waals surface area contributed by atoms with Crippen molar-refractivity contribution < 1.29 is 19.1 Å². The summed E-state index contributed by atoms with van der Waals surface area (Å²) in [5.41, 5.74) is 6.18. The van der Waals surface area contributed by atoms with E-state index in [1.807, 2.05) is 6.07 Å². The number of rotatable bonds is 4. The fraction of sp³-hybridized carbons (Fsp3) is 0.333. The molecule has 0 bridgehead atoms. The zero-order chi connectivity index (χ0) is 19.0. The predicted molar refractivity (Wildman–Crippen MR) is 97.9 cm³/mol. The molecule has 3 N–H and O–H groups in total. The van der Waals surface area contributed by atoms with Crippen molar-refractivity contribution in [1.82, 2.24) is 14.9 Å². The molecule has 3 aromatic rings. The van der Waals surface area contributed by atoms with E-state index in [1.54, 1.807) is 6.07 Å². The Morgan fingerprint density at radius 3 is 2.78 bits per heavy atom. The number of aromatic nitrogens is 2. The first-order valence-electron chi connectivity index (χ1n) is 8.59. The highest BCUT2D eigenvalue weighted by atomic mass is 16.5. The Bertz CT molecular complexity index is 1090. The number of nitrogen functional groups attached to an aromatic ring is 1. The van der Waals surface area contributed by atoms with Gasteiger partial charge in [-0.2, -0.15) is 4.98 Å². The van der Waals surface area contributed by atoms with E-state index < -0.39 is 11.4 Å². The third kappa shape index (κ3) is 3.34. The summed E-state index contributed by atoms with van der Waals surface area (Å²) < 4.78 is 11.0. The van der Waals surface area contributed by atoms with Gasteiger partial charge in [0.05, 0.1) is 18.6 Å². The molecular weight excluding hydrogens is 352 g/mol. The lowest BCUT2D eigenvalue weighted by Crippen LogP contribution is -2.37. The minimum absolute atomic E-state index is 0.00198. The Hall–Kier alpha value is -3.04. The highest BCUT2D eigenvalue weighted by Crippen LogP contribution is 2.20.